The monoisotopic (exact) mass is 671 g/mol. The average Bonchev–Trinajstić information content (AvgIpc) is 3.38. The van der Waals surface area contributed by atoms with Crippen LogP contribution in [0.4, 0.5) is 10.5 Å². The van der Waals surface area contributed by atoms with Gasteiger partial charge in [-0.1, -0.05) is 51.1 Å². The van der Waals surface area contributed by atoms with Gasteiger partial charge in [0.25, 0.3) is 5.91 Å². The summed E-state index contributed by atoms with van der Waals surface area (Å²) >= 11 is 1.60. The van der Waals surface area contributed by atoms with Gasteiger partial charge in [-0.25, -0.2) is 9.59 Å². The zero-order valence-electron chi connectivity index (χ0n) is 29.2. The maximum atomic E-state index is 13.5. The molecule has 2 amide bonds. The van der Waals surface area contributed by atoms with Crippen LogP contribution in [0.2, 0.25) is 18.1 Å². The minimum absolute atomic E-state index is 0.0494. The lowest BCUT2D eigenvalue weighted by molar-refractivity contribution is -0.142. The number of hydrogen-bond donors (Lipinski definition) is 2. The first-order valence-corrected chi connectivity index (χ1v) is 20.2. The SMILES string of the molecule is COC(=O)[C@H](CCSC)NC(=O)c1ccc(NC[C@@H]2C[C@@H](O[Si](C)(C)C(C)(C)C)CN2C(=O)OC(C)(C)C)cc1-c1ccccc1. The minimum atomic E-state index is -2.06. The number of anilines is 1. The van der Waals surface area contributed by atoms with E-state index in [0.717, 1.165) is 16.8 Å². The lowest BCUT2D eigenvalue weighted by Crippen LogP contribution is -2.45. The summed E-state index contributed by atoms with van der Waals surface area (Å²) in [5, 5.41) is 6.45. The van der Waals surface area contributed by atoms with Crippen LogP contribution in [0.5, 0.6) is 0 Å². The summed E-state index contributed by atoms with van der Waals surface area (Å²) in [5.41, 5.74) is 2.24. The second-order valence-corrected chi connectivity index (χ2v) is 20.1. The molecule has 2 N–H and O–H groups in total. The highest BCUT2D eigenvalue weighted by atomic mass is 32.2. The quantitative estimate of drug-likeness (QED) is 0.181. The van der Waals surface area contributed by atoms with Crippen LogP contribution < -0.4 is 10.6 Å². The van der Waals surface area contributed by atoms with Gasteiger partial charge in [-0.3, -0.25) is 4.79 Å². The first kappa shape index (κ1) is 37.4. The topological polar surface area (TPSA) is 106 Å². The first-order chi connectivity index (χ1) is 21.5. The van der Waals surface area contributed by atoms with E-state index >= 15 is 0 Å². The van der Waals surface area contributed by atoms with Gasteiger partial charge in [-0.05, 0) is 93.1 Å². The maximum Gasteiger partial charge on any atom is 0.410 e. The van der Waals surface area contributed by atoms with Crippen LogP contribution in [0, 0.1) is 0 Å². The number of thioether (sulfide) groups is 1. The van der Waals surface area contributed by atoms with E-state index in [2.05, 4.69) is 44.5 Å². The molecule has 1 saturated heterocycles. The first-order valence-electron chi connectivity index (χ1n) is 15.9. The van der Waals surface area contributed by atoms with E-state index < -0.39 is 25.9 Å². The lowest BCUT2D eigenvalue weighted by Gasteiger charge is -2.38. The fourth-order valence-corrected chi connectivity index (χ4v) is 6.93. The number of carbonyl (C=O) groups is 3. The van der Waals surface area contributed by atoms with Crippen molar-refractivity contribution in [1.29, 1.82) is 0 Å². The van der Waals surface area contributed by atoms with Crippen LogP contribution in [-0.4, -0.2) is 87.2 Å². The second kappa shape index (κ2) is 15.7. The molecule has 254 valence electrons. The zero-order valence-corrected chi connectivity index (χ0v) is 31.0. The molecule has 9 nitrogen and oxygen atoms in total. The molecule has 0 bridgehead atoms. The Bertz CT molecular complexity index is 1340. The second-order valence-electron chi connectivity index (χ2n) is 14.4. The molecule has 2 aromatic rings. The smallest absolute Gasteiger partial charge is 0.410 e. The number of ether oxygens (including phenoxy) is 2. The van der Waals surface area contributed by atoms with Gasteiger partial charge in [-0.2, -0.15) is 11.8 Å². The van der Waals surface area contributed by atoms with Crippen molar-refractivity contribution in [3.05, 3.63) is 54.1 Å². The van der Waals surface area contributed by atoms with Gasteiger partial charge in [-0.15, -0.1) is 0 Å². The molecule has 11 heteroatoms. The number of hydrogen-bond acceptors (Lipinski definition) is 8. The molecule has 0 aromatic heterocycles. The Balaban J connectivity index is 1.87. The predicted octanol–water partition coefficient (Wildman–Crippen LogP) is 7.19. The van der Waals surface area contributed by atoms with Crippen LogP contribution >= 0.6 is 11.8 Å². The molecule has 46 heavy (non-hydrogen) atoms. The minimum Gasteiger partial charge on any atom is -0.467 e. The Morgan fingerprint density at radius 1 is 1.04 bits per heavy atom. The van der Waals surface area contributed by atoms with E-state index in [4.69, 9.17) is 13.9 Å². The van der Waals surface area contributed by atoms with Gasteiger partial charge in [0, 0.05) is 24.3 Å². The van der Waals surface area contributed by atoms with Crippen LogP contribution in [0.25, 0.3) is 11.1 Å². The van der Waals surface area contributed by atoms with Crippen molar-refractivity contribution in [2.75, 3.05) is 37.5 Å². The normalized spacial score (nSPS) is 17.7. The molecule has 2 aromatic carbocycles. The third kappa shape index (κ3) is 10.2. The fraction of sp³-hybridized carbons (Fsp3) is 0.571. The van der Waals surface area contributed by atoms with Crippen LogP contribution in [0.3, 0.4) is 0 Å². The highest BCUT2D eigenvalue weighted by Crippen LogP contribution is 2.39. The van der Waals surface area contributed by atoms with Gasteiger partial charge in [0.2, 0.25) is 0 Å². The Morgan fingerprint density at radius 2 is 1.72 bits per heavy atom. The number of rotatable bonds is 12. The zero-order chi connectivity index (χ0) is 34.3. The third-order valence-electron chi connectivity index (χ3n) is 8.56. The largest absolute Gasteiger partial charge is 0.467 e. The predicted molar refractivity (Wildman–Crippen MR) is 190 cm³/mol. The summed E-state index contributed by atoms with van der Waals surface area (Å²) in [6, 6.07) is 14.3. The molecule has 1 fully saturated rings. The highest BCUT2D eigenvalue weighted by molar-refractivity contribution is 7.98. The van der Waals surface area contributed by atoms with Crippen LogP contribution in [-0.2, 0) is 18.7 Å². The average molecular weight is 672 g/mol. The number of carbonyl (C=O) groups excluding carboxylic acids is 3. The van der Waals surface area contributed by atoms with Crippen LogP contribution in [0.15, 0.2) is 48.5 Å². The summed E-state index contributed by atoms with van der Waals surface area (Å²) in [7, 11) is -0.730. The number of nitrogens with zero attached hydrogens (tertiary/aromatic N) is 1. The number of methoxy groups -OCH3 is 1. The molecular formula is C35H53N3O6SSi. The van der Waals surface area contributed by atoms with Crippen molar-refractivity contribution in [3.8, 4) is 11.1 Å². The number of nitrogens with one attached hydrogen (secondary N) is 2. The van der Waals surface area contributed by atoms with Gasteiger partial charge >= 0.3 is 12.1 Å². The molecule has 1 aliphatic heterocycles. The van der Waals surface area contributed by atoms with E-state index in [1.165, 1.54) is 7.11 Å². The molecule has 1 heterocycles. The van der Waals surface area contributed by atoms with Gasteiger partial charge in [0.15, 0.2) is 8.32 Å². The van der Waals surface area contributed by atoms with E-state index in [-0.39, 0.29) is 29.2 Å². The van der Waals surface area contributed by atoms with Crippen molar-refractivity contribution in [3.63, 3.8) is 0 Å². The van der Waals surface area contributed by atoms with E-state index in [1.54, 1.807) is 22.7 Å². The maximum absolute atomic E-state index is 13.5. The van der Waals surface area contributed by atoms with Crippen molar-refractivity contribution in [1.82, 2.24) is 10.2 Å². The molecule has 0 saturated carbocycles. The van der Waals surface area contributed by atoms with Gasteiger partial charge in [0.1, 0.15) is 11.6 Å². The lowest BCUT2D eigenvalue weighted by atomic mass is 9.98. The van der Waals surface area contributed by atoms with E-state index in [9.17, 15) is 14.4 Å². The van der Waals surface area contributed by atoms with Crippen LogP contribution in [0.1, 0.15) is 64.7 Å². The molecule has 0 radical (unpaired) electrons. The van der Waals surface area contributed by atoms with Crippen molar-refractivity contribution >= 4 is 43.7 Å². The Morgan fingerprint density at radius 3 is 2.30 bits per heavy atom. The molecule has 0 aliphatic carbocycles. The molecular weight excluding hydrogens is 619 g/mol. The summed E-state index contributed by atoms with van der Waals surface area (Å²) in [6.07, 6.45) is 2.68. The van der Waals surface area contributed by atoms with Gasteiger partial charge < -0.3 is 29.4 Å². The Hall–Kier alpha value is -3.02. The molecule has 3 rings (SSSR count). The number of esters is 1. The summed E-state index contributed by atoms with van der Waals surface area (Å²) in [6.45, 7) is 17.7. The summed E-state index contributed by atoms with van der Waals surface area (Å²) in [4.78, 5) is 41.1. The van der Waals surface area contributed by atoms with E-state index in [1.807, 2.05) is 69.5 Å². The summed E-state index contributed by atoms with van der Waals surface area (Å²) in [5.74, 6) is -0.110. The molecule has 0 unspecified atom stereocenters. The molecule has 3 atom stereocenters. The number of amides is 2. The Labute approximate surface area is 280 Å². The molecule has 0 spiro atoms. The van der Waals surface area contributed by atoms with E-state index in [0.29, 0.717) is 37.2 Å². The molecule has 1 aliphatic rings. The fourth-order valence-electron chi connectivity index (χ4n) is 5.10. The number of likely N-dealkylation sites (tertiary alicyclic amines) is 1. The summed E-state index contributed by atoms with van der Waals surface area (Å²) < 4.78 is 17.5. The van der Waals surface area contributed by atoms with Crippen molar-refractivity contribution in [2.45, 2.75) is 96.3 Å². The Kier molecular flexibility index (Phi) is 12.8. The third-order valence-corrected chi connectivity index (χ3v) is 13.7. The van der Waals surface area contributed by atoms with Gasteiger partial charge in [0.05, 0.1) is 19.3 Å². The standard InChI is InChI=1S/C35H53N3O6SSi/c1-34(2,3)43-33(41)38-23-27(44-46(9,10)35(4,5)6)21-26(38)22-36-25-16-17-28(29(20-25)24-14-12-11-13-15-24)31(39)37-30(18-19-45-8)32(40)42-7/h11-17,20,26-27,30,36H,18-19,21-23H2,1-10H3,(H,37,39)/t26-,27+,30-/m0/s1. The van der Waals surface area contributed by atoms with Crippen molar-refractivity contribution in [2.24, 2.45) is 0 Å². The highest BCUT2D eigenvalue weighted by Gasteiger charge is 2.44. The number of benzene rings is 2. The van der Waals surface area contributed by atoms with Crippen molar-refractivity contribution < 1.29 is 28.3 Å².